The molecule has 0 N–H and O–H groups in total. The van der Waals surface area contributed by atoms with E-state index in [2.05, 4.69) is 6.58 Å². The van der Waals surface area contributed by atoms with E-state index in [1.54, 1.807) is 0 Å². The Morgan fingerprint density at radius 3 is 2.40 bits per heavy atom. The summed E-state index contributed by atoms with van der Waals surface area (Å²) in [5.74, 6) is -1.89. The van der Waals surface area contributed by atoms with E-state index >= 15 is 0 Å². The van der Waals surface area contributed by atoms with Gasteiger partial charge in [0.1, 0.15) is 0 Å². The quantitative estimate of drug-likeness (QED) is 0.622. The highest BCUT2D eigenvalue weighted by Crippen LogP contribution is 2.44. The molecule has 0 aliphatic carbocycles. The van der Waals surface area contributed by atoms with Gasteiger partial charge in [0.05, 0.1) is 5.92 Å². The number of nitrogens with zero attached hydrogens (tertiary/aromatic N) is 1. The van der Waals surface area contributed by atoms with E-state index in [1.807, 2.05) is 0 Å². The highest BCUT2D eigenvalue weighted by Gasteiger charge is 2.55. The van der Waals surface area contributed by atoms with Crippen LogP contribution in [0, 0.1) is 5.92 Å². The van der Waals surface area contributed by atoms with E-state index in [-0.39, 0.29) is 13.0 Å². The molecule has 5 heteroatoms. The normalized spacial score (nSPS) is 25.4. The van der Waals surface area contributed by atoms with Crippen LogP contribution in [0.15, 0.2) is 12.7 Å². The predicted octanol–water partition coefficient (Wildman–Crippen LogP) is 2.36. The van der Waals surface area contributed by atoms with Gasteiger partial charge in [0.2, 0.25) is 5.91 Å². The van der Waals surface area contributed by atoms with Crippen LogP contribution >= 0.6 is 0 Å². The van der Waals surface area contributed by atoms with E-state index in [9.17, 15) is 18.0 Å². The number of carbonyl (C=O) groups is 1. The van der Waals surface area contributed by atoms with Crippen molar-refractivity contribution in [2.75, 3.05) is 6.54 Å². The molecule has 1 saturated heterocycles. The van der Waals surface area contributed by atoms with Gasteiger partial charge in [-0.3, -0.25) is 4.79 Å². The Morgan fingerprint density at radius 2 is 2.07 bits per heavy atom. The van der Waals surface area contributed by atoms with Gasteiger partial charge in [0.15, 0.2) is 0 Å². The van der Waals surface area contributed by atoms with Gasteiger partial charge >= 0.3 is 6.18 Å². The summed E-state index contributed by atoms with van der Waals surface area (Å²) in [5.41, 5.74) is -1.18. The van der Waals surface area contributed by atoms with Crippen LogP contribution in [-0.4, -0.2) is 29.1 Å². The van der Waals surface area contributed by atoms with Crippen molar-refractivity contribution in [3.63, 3.8) is 0 Å². The van der Waals surface area contributed by atoms with Crippen molar-refractivity contribution in [3.8, 4) is 0 Å². The first-order valence-electron chi connectivity index (χ1n) is 4.72. The van der Waals surface area contributed by atoms with Crippen LogP contribution in [0.5, 0.6) is 0 Å². The number of hydrogen-bond acceptors (Lipinski definition) is 1. The highest BCUT2D eigenvalue weighted by atomic mass is 19.4. The molecule has 1 aliphatic heterocycles. The van der Waals surface area contributed by atoms with Gasteiger partial charge < -0.3 is 4.90 Å². The largest absolute Gasteiger partial charge is 0.394 e. The SMILES string of the molecule is C=CC(=O)N1CCC(C(F)(F)F)C1(C)C. The fourth-order valence-electron chi connectivity index (χ4n) is 2.16. The number of amides is 1. The van der Waals surface area contributed by atoms with Gasteiger partial charge in [-0.25, -0.2) is 0 Å². The summed E-state index contributed by atoms with van der Waals surface area (Å²) in [4.78, 5) is 12.6. The molecule has 0 saturated carbocycles. The zero-order valence-electron chi connectivity index (χ0n) is 8.77. The second kappa shape index (κ2) is 3.54. The number of likely N-dealkylation sites (tertiary alicyclic amines) is 1. The first-order valence-corrected chi connectivity index (χ1v) is 4.72. The van der Waals surface area contributed by atoms with E-state index in [1.165, 1.54) is 18.7 Å². The standard InChI is InChI=1S/C10H14F3NO/c1-4-8(15)14-6-5-7(9(14,2)3)10(11,12)13/h4,7H,1,5-6H2,2-3H3. The summed E-state index contributed by atoms with van der Waals surface area (Å²) in [6.07, 6.45) is -3.23. The Balaban J connectivity index is 2.94. The molecule has 2 nitrogen and oxygen atoms in total. The predicted molar refractivity (Wildman–Crippen MR) is 50.2 cm³/mol. The van der Waals surface area contributed by atoms with Crippen molar-refractivity contribution in [1.82, 2.24) is 4.90 Å². The average Bonchev–Trinajstić information content (AvgIpc) is 2.38. The summed E-state index contributed by atoms with van der Waals surface area (Å²) in [5, 5.41) is 0. The van der Waals surface area contributed by atoms with E-state index in [0.717, 1.165) is 6.08 Å². The molecule has 0 spiro atoms. The van der Waals surface area contributed by atoms with E-state index < -0.39 is 23.5 Å². The molecule has 1 heterocycles. The summed E-state index contributed by atoms with van der Waals surface area (Å²) in [6.45, 7) is 6.31. The van der Waals surface area contributed by atoms with Gasteiger partial charge in [0.25, 0.3) is 0 Å². The summed E-state index contributed by atoms with van der Waals surface area (Å²) >= 11 is 0. The second-order valence-electron chi connectivity index (χ2n) is 4.23. The highest BCUT2D eigenvalue weighted by molar-refractivity contribution is 5.87. The Morgan fingerprint density at radius 1 is 1.53 bits per heavy atom. The molecule has 15 heavy (non-hydrogen) atoms. The Bertz CT molecular complexity index is 283. The van der Waals surface area contributed by atoms with Gasteiger partial charge in [-0.05, 0) is 26.3 Å². The van der Waals surface area contributed by atoms with Crippen molar-refractivity contribution < 1.29 is 18.0 Å². The number of halogens is 3. The molecule has 1 rings (SSSR count). The van der Waals surface area contributed by atoms with Crippen molar-refractivity contribution in [2.45, 2.75) is 32.0 Å². The molecule has 0 aromatic heterocycles. The van der Waals surface area contributed by atoms with Crippen LogP contribution < -0.4 is 0 Å². The zero-order chi connectivity index (χ0) is 11.9. The van der Waals surface area contributed by atoms with Gasteiger partial charge in [-0.2, -0.15) is 13.2 Å². The summed E-state index contributed by atoms with van der Waals surface area (Å²) in [6, 6.07) is 0. The first kappa shape index (κ1) is 12.1. The maximum absolute atomic E-state index is 12.6. The Labute approximate surface area is 86.7 Å². The fraction of sp³-hybridized carbons (Fsp3) is 0.700. The minimum atomic E-state index is -4.25. The van der Waals surface area contributed by atoms with Crippen LogP contribution in [0.25, 0.3) is 0 Å². The molecule has 1 fully saturated rings. The van der Waals surface area contributed by atoms with Gasteiger partial charge in [-0.15, -0.1) is 0 Å². The first-order chi connectivity index (χ1) is 6.71. The molecule has 1 atom stereocenters. The molecule has 1 amide bonds. The van der Waals surface area contributed by atoms with Crippen LogP contribution in [0.4, 0.5) is 13.2 Å². The van der Waals surface area contributed by atoms with Crippen LogP contribution in [0.1, 0.15) is 20.3 Å². The smallest absolute Gasteiger partial charge is 0.333 e. The molecule has 0 aromatic carbocycles. The lowest BCUT2D eigenvalue weighted by Crippen LogP contribution is -2.49. The maximum atomic E-state index is 12.6. The third kappa shape index (κ3) is 2.01. The van der Waals surface area contributed by atoms with E-state index in [0.29, 0.717) is 0 Å². The molecule has 0 bridgehead atoms. The lowest BCUT2D eigenvalue weighted by atomic mass is 9.88. The number of alkyl halides is 3. The van der Waals surface area contributed by atoms with E-state index in [4.69, 9.17) is 0 Å². The zero-order valence-corrected chi connectivity index (χ0v) is 8.77. The monoisotopic (exact) mass is 221 g/mol. The Kier molecular flexibility index (Phi) is 2.85. The van der Waals surface area contributed by atoms with Crippen LogP contribution in [-0.2, 0) is 4.79 Å². The topological polar surface area (TPSA) is 20.3 Å². The van der Waals surface area contributed by atoms with Crippen LogP contribution in [0.2, 0.25) is 0 Å². The molecular formula is C10H14F3NO. The van der Waals surface area contributed by atoms with Crippen molar-refractivity contribution in [1.29, 1.82) is 0 Å². The van der Waals surface area contributed by atoms with Crippen molar-refractivity contribution in [3.05, 3.63) is 12.7 Å². The number of hydrogen-bond donors (Lipinski definition) is 0. The minimum absolute atomic E-state index is 0.0317. The Hall–Kier alpha value is -1.00. The molecular weight excluding hydrogens is 207 g/mol. The fourth-order valence-corrected chi connectivity index (χ4v) is 2.16. The lowest BCUT2D eigenvalue weighted by molar-refractivity contribution is -0.191. The average molecular weight is 221 g/mol. The second-order valence-corrected chi connectivity index (χ2v) is 4.23. The molecule has 1 aliphatic rings. The molecule has 86 valence electrons. The van der Waals surface area contributed by atoms with Gasteiger partial charge in [-0.1, -0.05) is 6.58 Å². The number of carbonyl (C=O) groups excluding carboxylic acids is 1. The van der Waals surface area contributed by atoms with Gasteiger partial charge in [0, 0.05) is 12.1 Å². The minimum Gasteiger partial charge on any atom is -0.333 e. The van der Waals surface area contributed by atoms with Crippen LogP contribution in [0.3, 0.4) is 0 Å². The maximum Gasteiger partial charge on any atom is 0.394 e. The third-order valence-electron chi connectivity index (χ3n) is 3.03. The number of rotatable bonds is 1. The third-order valence-corrected chi connectivity index (χ3v) is 3.03. The summed E-state index contributed by atoms with van der Waals surface area (Å²) < 4.78 is 37.9. The van der Waals surface area contributed by atoms with Crippen molar-refractivity contribution >= 4 is 5.91 Å². The molecule has 0 radical (unpaired) electrons. The van der Waals surface area contributed by atoms with Crippen molar-refractivity contribution in [2.24, 2.45) is 5.92 Å². The molecule has 0 aromatic rings. The summed E-state index contributed by atoms with van der Waals surface area (Å²) in [7, 11) is 0. The lowest BCUT2D eigenvalue weighted by Gasteiger charge is -2.36. The molecule has 1 unspecified atom stereocenters.